The molecule has 0 unspecified atom stereocenters. The lowest BCUT2D eigenvalue weighted by Gasteiger charge is -2.15. The zero-order valence-electron chi connectivity index (χ0n) is 16.5. The van der Waals surface area contributed by atoms with Gasteiger partial charge in [-0.1, -0.05) is 0 Å². The minimum Gasteiger partial charge on any atom is -0.465 e. The highest BCUT2D eigenvalue weighted by atomic mass is 32.2. The number of benzene rings is 2. The smallest absolute Gasteiger partial charge is 0.465 e. The largest absolute Gasteiger partial charge is 0.534 e. The highest BCUT2D eigenvalue weighted by molar-refractivity contribution is 7.88. The Balaban J connectivity index is 2.84. The number of hydrogen-bond donors (Lipinski definition) is 0. The normalized spacial score (nSPS) is 12.8. The molecule has 0 aromatic heterocycles. The summed E-state index contributed by atoms with van der Waals surface area (Å²) in [4.78, 5) is 23.9. The van der Waals surface area contributed by atoms with Crippen molar-refractivity contribution in [2.75, 3.05) is 14.2 Å². The van der Waals surface area contributed by atoms with Crippen molar-refractivity contribution < 1.29 is 70.6 Å². The molecule has 0 aliphatic heterocycles. The Morgan fingerprint density at radius 1 is 0.647 bits per heavy atom. The first-order valence-corrected chi connectivity index (χ1v) is 11.0. The predicted octanol–water partition coefficient (Wildman–Crippen LogP) is 2.87. The lowest BCUT2D eigenvalue weighted by molar-refractivity contribution is -0.0505. The van der Waals surface area contributed by atoms with Crippen LogP contribution in [0.5, 0.6) is 11.5 Å². The fourth-order valence-electron chi connectivity index (χ4n) is 2.32. The van der Waals surface area contributed by atoms with Gasteiger partial charge in [0.25, 0.3) is 0 Å². The number of methoxy groups -OCH3 is 2. The third-order valence-electron chi connectivity index (χ3n) is 3.81. The molecule has 0 fully saturated rings. The number of alkyl halides is 6. The van der Waals surface area contributed by atoms with Gasteiger partial charge in [-0.25, -0.2) is 9.59 Å². The average molecular weight is 540 g/mol. The van der Waals surface area contributed by atoms with E-state index in [1.165, 1.54) is 0 Å². The van der Waals surface area contributed by atoms with Crippen LogP contribution in [0, 0.1) is 0 Å². The number of halogens is 6. The Hall–Kier alpha value is -3.28. The van der Waals surface area contributed by atoms with Crippen LogP contribution in [0.2, 0.25) is 0 Å². The second-order valence-corrected chi connectivity index (χ2v) is 9.07. The molecule has 2 aromatic rings. The van der Waals surface area contributed by atoms with Crippen LogP contribution < -0.4 is 8.37 Å². The summed E-state index contributed by atoms with van der Waals surface area (Å²) in [6, 6.07) is 2.24. The van der Waals surface area contributed by atoms with Gasteiger partial charge in [-0.15, -0.1) is 0 Å². The van der Waals surface area contributed by atoms with Crippen molar-refractivity contribution in [2.24, 2.45) is 0 Å². The standard InChI is InChI=1S/C16H10F6O10S2/c1-29-13(23)9-3-7-6-12(32-34(27,28)16(20,21)22)10(14(24)30-2)4-8(7)5-11(9)31-33(25,26)15(17,18)19/h3-6H,1-2H3. The summed E-state index contributed by atoms with van der Waals surface area (Å²) in [5.74, 6) is -5.30. The molecule has 0 heterocycles. The second-order valence-electron chi connectivity index (χ2n) is 5.99. The summed E-state index contributed by atoms with van der Waals surface area (Å²) in [7, 11) is -11.1. The highest BCUT2D eigenvalue weighted by Gasteiger charge is 2.50. The number of ether oxygens (including phenoxy) is 2. The SMILES string of the molecule is COC(=O)c1cc2cc(OS(=O)(=O)C(F)(F)F)c(C(=O)OC)cc2cc1OS(=O)(=O)C(F)(F)F. The molecule has 0 radical (unpaired) electrons. The molecule has 18 heteroatoms. The summed E-state index contributed by atoms with van der Waals surface area (Å²) in [6.45, 7) is 0. The third-order valence-corrected chi connectivity index (χ3v) is 5.75. The quantitative estimate of drug-likeness (QED) is 0.233. The van der Waals surface area contributed by atoms with Crippen molar-refractivity contribution in [2.45, 2.75) is 11.0 Å². The van der Waals surface area contributed by atoms with Crippen molar-refractivity contribution >= 4 is 42.9 Å². The predicted molar refractivity (Wildman–Crippen MR) is 97.8 cm³/mol. The fourth-order valence-corrected chi connectivity index (χ4v) is 3.25. The van der Waals surface area contributed by atoms with E-state index in [0.29, 0.717) is 24.3 Å². The van der Waals surface area contributed by atoms with Gasteiger partial charge in [-0.05, 0) is 35.0 Å². The molecule has 0 spiro atoms. The molecule has 2 aromatic carbocycles. The van der Waals surface area contributed by atoms with Gasteiger partial charge >= 0.3 is 43.2 Å². The van der Waals surface area contributed by atoms with E-state index in [9.17, 15) is 52.8 Å². The molecule has 0 amide bonds. The molecule has 2 rings (SSSR count). The average Bonchev–Trinajstić information content (AvgIpc) is 2.69. The van der Waals surface area contributed by atoms with E-state index in [1.807, 2.05) is 0 Å². The first-order chi connectivity index (χ1) is 15.3. The summed E-state index contributed by atoms with van der Waals surface area (Å²) in [5.41, 5.74) is -13.7. The van der Waals surface area contributed by atoms with E-state index in [4.69, 9.17) is 0 Å². The van der Waals surface area contributed by atoms with Crippen molar-refractivity contribution in [3.05, 3.63) is 35.4 Å². The van der Waals surface area contributed by atoms with Crippen LogP contribution in [0.3, 0.4) is 0 Å². The van der Waals surface area contributed by atoms with E-state index in [2.05, 4.69) is 17.8 Å². The van der Waals surface area contributed by atoms with Gasteiger partial charge in [0.05, 0.1) is 14.2 Å². The van der Waals surface area contributed by atoms with Gasteiger partial charge in [0.15, 0.2) is 11.5 Å². The van der Waals surface area contributed by atoms with E-state index >= 15 is 0 Å². The first kappa shape index (κ1) is 27.0. The number of carbonyl (C=O) groups excluding carboxylic acids is 2. The van der Waals surface area contributed by atoms with Gasteiger partial charge in [0, 0.05) is 0 Å². The lowest BCUT2D eigenvalue weighted by atomic mass is 10.0. The highest BCUT2D eigenvalue weighted by Crippen LogP contribution is 2.36. The van der Waals surface area contributed by atoms with Crippen LogP contribution in [0.15, 0.2) is 24.3 Å². The monoisotopic (exact) mass is 540 g/mol. The van der Waals surface area contributed by atoms with Crippen LogP contribution in [0.4, 0.5) is 26.3 Å². The van der Waals surface area contributed by atoms with Gasteiger partial charge in [-0.2, -0.15) is 43.2 Å². The summed E-state index contributed by atoms with van der Waals surface area (Å²) < 4.78 is 138. The van der Waals surface area contributed by atoms with Crippen molar-refractivity contribution in [3.63, 3.8) is 0 Å². The van der Waals surface area contributed by atoms with E-state index in [0.717, 1.165) is 14.2 Å². The van der Waals surface area contributed by atoms with Gasteiger partial charge < -0.3 is 17.8 Å². The van der Waals surface area contributed by atoms with Crippen LogP contribution in [0.25, 0.3) is 10.8 Å². The molecule has 0 saturated heterocycles. The molecule has 0 saturated carbocycles. The van der Waals surface area contributed by atoms with Crippen LogP contribution in [0.1, 0.15) is 20.7 Å². The summed E-state index contributed by atoms with van der Waals surface area (Å²) in [6.07, 6.45) is 0. The zero-order valence-corrected chi connectivity index (χ0v) is 18.1. The second kappa shape index (κ2) is 8.82. The molecule has 34 heavy (non-hydrogen) atoms. The maximum atomic E-state index is 12.7. The van der Waals surface area contributed by atoms with Crippen LogP contribution in [-0.4, -0.2) is 54.0 Å². The molecule has 0 N–H and O–H groups in total. The zero-order chi connectivity index (χ0) is 26.3. The molecule has 188 valence electrons. The maximum absolute atomic E-state index is 12.7. The Labute approximate surface area is 186 Å². The number of esters is 2. The van der Waals surface area contributed by atoms with Gasteiger partial charge in [-0.3, -0.25) is 0 Å². The van der Waals surface area contributed by atoms with Gasteiger partial charge in [0.2, 0.25) is 0 Å². The first-order valence-electron chi connectivity index (χ1n) is 8.14. The molecule has 10 nitrogen and oxygen atoms in total. The van der Waals surface area contributed by atoms with Crippen molar-refractivity contribution in [1.82, 2.24) is 0 Å². The molecular formula is C16H10F6O10S2. The van der Waals surface area contributed by atoms with E-state index in [1.54, 1.807) is 0 Å². The molecule has 0 aliphatic rings. The fraction of sp³-hybridized carbons (Fsp3) is 0.250. The van der Waals surface area contributed by atoms with E-state index < -0.39 is 76.6 Å². The minimum atomic E-state index is -6.29. The molecule has 0 bridgehead atoms. The Morgan fingerprint density at radius 3 is 1.18 bits per heavy atom. The lowest BCUT2D eigenvalue weighted by Crippen LogP contribution is -2.29. The maximum Gasteiger partial charge on any atom is 0.534 e. The van der Waals surface area contributed by atoms with Crippen molar-refractivity contribution in [3.8, 4) is 11.5 Å². The van der Waals surface area contributed by atoms with Crippen LogP contribution >= 0.6 is 0 Å². The summed E-state index contributed by atoms with van der Waals surface area (Å²) >= 11 is 0. The Bertz CT molecular complexity index is 1260. The van der Waals surface area contributed by atoms with Crippen LogP contribution in [-0.2, 0) is 29.7 Å². The minimum absolute atomic E-state index is 0.391. The number of carbonyl (C=O) groups is 2. The van der Waals surface area contributed by atoms with Gasteiger partial charge in [0.1, 0.15) is 11.1 Å². The Kier molecular flexibility index (Phi) is 7.00. The number of fused-ring (bicyclic) bond motifs is 1. The Morgan fingerprint density at radius 2 is 0.941 bits per heavy atom. The van der Waals surface area contributed by atoms with Crippen molar-refractivity contribution in [1.29, 1.82) is 0 Å². The molecule has 0 aliphatic carbocycles. The summed E-state index contributed by atoms with van der Waals surface area (Å²) in [5, 5.41) is -0.783. The third kappa shape index (κ3) is 5.27. The molecular weight excluding hydrogens is 530 g/mol. The van der Waals surface area contributed by atoms with E-state index in [-0.39, 0.29) is 0 Å². The molecule has 0 atom stereocenters. The number of rotatable bonds is 6. The topological polar surface area (TPSA) is 139 Å². The number of hydrogen-bond acceptors (Lipinski definition) is 10.